The van der Waals surface area contributed by atoms with Crippen LogP contribution in [-0.2, 0) is 28.5 Å². The van der Waals surface area contributed by atoms with Gasteiger partial charge in [0.05, 0.1) is 32.0 Å². The number of hydrogen-bond donors (Lipinski definition) is 8. The van der Waals surface area contributed by atoms with Crippen LogP contribution in [0.4, 0.5) is 0 Å². The lowest BCUT2D eigenvalue weighted by Crippen LogP contribution is -2.65. The maximum absolute atomic E-state index is 12.6. The fraction of sp³-hybridized carbons (Fsp3) is 0.929. The molecule has 0 aromatic rings. The second-order valence-corrected chi connectivity index (χ2v) is 20.2. The van der Waals surface area contributed by atoms with E-state index in [4.69, 9.17) is 23.7 Å². The molecule has 21 unspecified atom stereocenters. The maximum Gasteiger partial charge on any atom is 0.333 e. The SMILES string of the molecule is CC1=CCC(C(C)C2C(O)CC3(C)C2(C)CCC24CC25CCC(OC2OCC(O)C(O)C2OC2OC(CO)C(O)C(O)C2O)C(C)(CO)C5CCC34C)OC1=O. The van der Waals surface area contributed by atoms with E-state index in [2.05, 4.69) is 34.6 Å². The minimum atomic E-state index is -1.73. The number of aliphatic hydroxyl groups excluding tert-OH is 8. The topological polar surface area (TPSA) is 225 Å². The molecule has 21 atom stereocenters. The van der Waals surface area contributed by atoms with Gasteiger partial charge in [0.1, 0.15) is 48.8 Å². The summed E-state index contributed by atoms with van der Waals surface area (Å²) in [5.41, 5.74) is -0.522. The summed E-state index contributed by atoms with van der Waals surface area (Å²) in [5, 5.41) is 86.1. The lowest BCUT2D eigenvalue weighted by molar-refractivity contribution is -0.367. The summed E-state index contributed by atoms with van der Waals surface area (Å²) in [7, 11) is 0. The van der Waals surface area contributed by atoms with E-state index < -0.39 is 79.5 Å². The minimum absolute atomic E-state index is 0.00676. The Morgan fingerprint density at radius 2 is 1.59 bits per heavy atom. The number of carbonyl (C=O) groups is 1. The summed E-state index contributed by atoms with van der Waals surface area (Å²) < 4.78 is 30.1. The van der Waals surface area contributed by atoms with Gasteiger partial charge in [0.2, 0.25) is 0 Å². The molecule has 0 radical (unpaired) electrons. The van der Waals surface area contributed by atoms with Crippen molar-refractivity contribution in [3.63, 3.8) is 0 Å². The Labute approximate surface area is 329 Å². The Morgan fingerprint density at radius 1 is 0.857 bits per heavy atom. The summed E-state index contributed by atoms with van der Waals surface area (Å²) in [6.07, 6.45) is -5.03. The third-order valence-electron chi connectivity index (χ3n) is 18.4. The first-order chi connectivity index (χ1) is 26.3. The highest BCUT2D eigenvalue weighted by Gasteiger charge is 2.87. The van der Waals surface area contributed by atoms with Gasteiger partial charge < -0.3 is 64.5 Å². The molecule has 0 amide bonds. The van der Waals surface area contributed by atoms with Crippen LogP contribution < -0.4 is 0 Å². The number of esters is 1. The van der Waals surface area contributed by atoms with Crippen molar-refractivity contribution in [3.05, 3.63) is 11.6 Å². The van der Waals surface area contributed by atoms with Gasteiger partial charge in [0.15, 0.2) is 12.6 Å². The van der Waals surface area contributed by atoms with Crippen LogP contribution in [0.15, 0.2) is 11.6 Å². The van der Waals surface area contributed by atoms with Crippen molar-refractivity contribution in [2.45, 2.75) is 173 Å². The Bertz CT molecular complexity index is 1560. The number of carbonyl (C=O) groups excluding carboxylic acids is 1. The maximum atomic E-state index is 12.6. The molecule has 8 N–H and O–H groups in total. The van der Waals surface area contributed by atoms with Gasteiger partial charge in [-0.05, 0) is 103 Å². The van der Waals surface area contributed by atoms with Crippen LogP contribution in [0, 0.1) is 50.2 Å². The van der Waals surface area contributed by atoms with Crippen molar-refractivity contribution in [1.82, 2.24) is 0 Å². The molecule has 8 aliphatic rings. The highest BCUT2D eigenvalue weighted by molar-refractivity contribution is 5.88. The summed E-state index contributed by atoms with van der Waals surface area (Å²) in [5.74, 6) is -0.185. The van der Waals surface area contributed by atoms with Crippen LogP contribution >= 0.6 is 0 Å². The fourth-order valence-electron chi connectivity index (χ4n) is 14.9. The summed E-state index contributed by atoms with van der Waals surface area (Å²) in [4.78, 5) is 12.6. The standard InChI is InChI=1S/C42H66O14/c1-20-7-8-24(53-34(20)51)21(2)28-22(45)15-40(6)38(28,4)13-14-42-18-41(42)12-10-27(37(3,19-44)26(41)9-11-39(40,42)5)55-36-33(29(47)23(46)17-52-36)56-35-32(50)31(49)30(48)25(16-43)54-35/h7,21-33,35-36,43-50H,8-19H2,1-6H3. The van der Waals surface area contributed by atoms with Gasteiger partial charge in [-0.2, -0.15) is 0 Å². The highest BCUT2D eigenvalue weighted by Crippen LogP contribution is 2.93. The third-order valence-corrected chi connectivity index (χ3v) is 18.4. The van der Waals surface area contributed by atoms with Gasteiger partial charge in [-0.25, -0.2) is 4.79 Å². The van der Waals surface area contributed by atoms with Gasteiger partial charge in [0, 0.05) is 17.4 Å². The van der Waals surface area contributed by atoms with Crippen molar-refractivity contribution >= 4 is 5.97 Å². The monoisotopic (exact) mass is 794 g/mol. The van der Waals surface area contributed by atoms with Crippen LogP contribution in [0.2, 0.25) is 0 Å². The van der Waals surface area contributed by atoms with Gasteiger partial charge >= 0.3 is 5.97 Å². The molecule has 14 heteroatoms. The van der Waals surface area contributed by atoms with Crippen molar-refractivity contribution < 1.29 is 69.3 Å². The van der Waals surface area contributed by atoms with E-state index in [0.29, 0.717) is 24.8 Å². The lowest BCUT2D eigenvalue weighted by atomic mass is 9.36. The quantitative estimate of drug-likeness (QED) is 0.128. The van der Waals surface area contributed by atoms with Crippen molar-refractivity contribution in [1.29, 1.82) is 0 Å². The second kappa shape index (κ2) is 13.9. The van der Waals surface area contributed by atoms with E-state index >= 15 is 0 Å². The number of rotatable bonds is 8. The van der Waals surface area contributed by atoms with Crippen LogP contribution in [-0.4, -0.2) is 140 Å². The van der Waals surface area contributed by atoms with Gasteiger partial charge in [0.25, 0.3) is 0 Å². The van der Waals surface area contributed by atoms with Crippen LogP contribution in [0.25, 0.3) is 0 Å². The molecule has 3 aliphatic heterocycles. The van der Waals surface area contributed by atoms with E-state index in [1.54, 1.807) is 6.92 Å². The molecule has 3 heterocycles. The smallest absolute Gasteiger partial charge is 0.333 e. The molecular formula is C42H66O14. The third kappa shape index (κ3) is 5.39. The van der Waals surface area contributed by atoms with Crippen LogP contribution in [0.5, 0.6) is 0 Å². The molecule has 8 rings (SSSR count). The van der Waals surface area contributed by atoms with Crippen molar-refractivity contribution in [2.24, 2.45) is 50.2 Å². The molecule has 14 nitrogen and oxygen atoms in total. The predicted molar refractivity (Wildman–Crippen MR) is 197 cm³/mol. The van der Waals surface area contributed by atoms with E-state index in [1.165, 1.54) is 0 Å². The predicted octanol–water partition coefficient (Wildman–Crippen LogP) is 1.31. The Hall–Kier alpha value is -1.27. The minimum Gasteiger partial charge on any atom is -0.458 e. The highest BCUT2D eigenvalue weighted by atomic mass is 16.8. The first kappa shape index (κ1) is 41.5. The Morgan fingerprint density at radius 3 is 2.27 bits per heavy atom. The average molecular weight is 795 g/mol. The van der Waals surface area contributed by atoms with E-state index in [-0.39, 0.29) is 70.1 Å². The van der Waals surface area contributed by atoms with E-state index in [0.717, 1.165) is 38.5 Å². The van der Waals surface area contributed by atoms with Gasteiger partial charge in [-0.15, -0.1) is 0 Å². The zero-order valence-corrected chi connectivity index (χ0v) is 33.8. The molecule has 5 saturated carbocycles. The molecule has 0 aromatic heterocycles. The first-order valence-corrected chi connectivity index (χ1v) is 21.1. The van der Waals surface area contributed by atoms with Gasteiger partial charge in [-0.3, -0.25) is 0 Å². The molecule has 318 valence electrons. The van der Waals surface area contributed by atoms with Gasteiger partial charge in [-0.1, -0.05) is 40.7 Å². The number of ether oxygens (including phenoxy) is 5. The summed E-state index contributed by atoms with van der Waals surface area (Å²) >= 11 is 0. The number of aliphatic hydroxyl groups is 8. The van der Waals surface area contributed by atoms with Crippen molar-refractivity contribution in [3.8, 4) is 0 Å². The largest absolute Gasteiger partial charge is 0.458 e. The Balaban J connectivity index is 1.03. The average Bonchev–Trinajstić information content (AvgIpc) is 3.79. The zero-order chi connectivity index (χ0) is 40.5. The zero-order valence-electron chi connectivity index (χ0n) is 33.8. The molecule has 2 spiro atoms. The lowest BCUT2D eigenvalue weighted by Gasteiger charge is -2.68. The second-order valence-electron chi connectivity index (χ2n) is 20.2. The summed E-state index contributed by atoms with van der Waals surface area (Å²) in [6, 6.07) is 0. The molecule has 56 heavy (non-hydrogen) atoms. The van der Waals surface area contributed by atoms with Crippen molar-refractivity contribution in [2.75, 3.05) is 19.8 Å². The first-order valence-electron chi connectivity index (χ1n) is 21.1. The van der Waals surface area contributed by atoms with Crippen LogP contribution in [0.1, 0.15) is 99.3 Å². The van der Waals surface area contributed by atoms with E-state index in [1.807, 2.05) is 6.08 Å². The number of fused-ring (bicyclic) bond motifs is 2. The molecule has 0 bridgehead atoms. The normalized spacial score (nSPS) is 57.2. The van der Waals surface area contributed by atoms with E-state index in [9.17, 15) is 45.6 Å². The molecule has 2 saturated heterocycles. The Kier molecular flexibility index (Phi) is 10.3. The molecule has 5 aliphatic carbocycles. The molecular weight excluding hydrogens is 728 g/mol. The summed E-state index contributed by atoms with van der Waals surface area (Å²) in [6.45, 7) is 12.2. The fourth-order valence-corrected chi connectivity index (χ4v) is 14.9. The molecule has 0 aromatic carbocycles. The number of cyclic esters (lactones) is 1. The molecule has 7 fully saturated rings. The van der Waals surface area contributed by atoms with Crippen LogP contribution in [0.3, 0.4) is 0 Å². The number of hydrogen-bond acceptors (Lipinski definition) is 14.